The van der Waals surface area contributed by atoms with Crippen LogP contribution >= 0.6 is 7.60 Å². The van der Waals surface area contributed by atoms with E-state index < -0.39 is 37.9 Å². The molecule has 2 aromatic rings. The van der Waals surface area contributed by atoms with Crippen molar-refractivity contribution < 1.29 is 33.4 Å². The van der Waals surface area contributed by atoms with Crippen molar-refractivity contribution in [3.8, 4) is 0 Å². The average molecular weight is 457 g/mol. The van der Waals surface area contributed by atoms with Crippen molar-refractivity contribution in [1.29, 1.82) is 0 Å². The first kappa shape index (κ1) is 23.6. The molecular formula is C18H28N5O7P. The summed E-state index contributed by atoms with van der Waals surface area (Å²) >= 11 is 0. The van der Waals surface area contributed by atoms with E-state index in [-0.39, 0.29) is 42.8 Å². The number of primary amides is 1. The molecule has 172 valence electrons. The lowest BCUT2D eigenvalue weighted by atomic mass is 10.2. The summed E-state index contributed by atoms with van der Waals surface area (Å²) in [6.07, 6.45) is -2.18. The van der Waals surface area contributed by atoms with E-state index in [9.17, 15) is 19.6 Å². The molecule has 0 saturated heterocycles. The van der Waals surface area contributed by atoms with Crippen LogP contribution in [0.15, 0.2) is 6.20 Å². The maximum atomic E-state index is 12.6. The predicted molar refractivity (Wildman–Crippen MR) is 111 cm³/mol. The maximum Gasteiger partial charge on any atom is 0.356 e. The van der Waals surface area contributed by atoms with Crippen molar-refractivity contribution in [1.82, 2.24) is 14.5 Å². The SMILES string of the molecule is CCOP(=O)(CO[C@H]1C[C@@H](n2cc(C(N)=O)c3c(N)nc(C)nc32)[C@H](O)[C@@H]1O)OCC. The van der Waals surface area contributed by atoms with Gasteiger partial charge in [-0.25, -0.2) is 9.97 Å². The summed E-state index contributed by atoms with van der Waals surface area (Å²) in [6, 6.07) is -0.706. The Morgan fingerprint density at radius 2 is 1.90 bits per heavy atom. The second-order valence-electron chi connectivity index (χ2n) is 7.23. The van der Waals surface area contributed by atoms with Gasteiger partial charge in [-0.2, -0.15) is 0 Å². The number of ether oxygens (including phenoxy) is 1. The number of hydrogen-bond acceptors (Lipinski definition) is 10. The Labute approximate surface area is 179 Å². The molecular weight excluding hydrogens is 429 g/mol. The molecule has 0 aromatic carbocycles. The molecule has 2 heterocycles. The Balaban J connectivity index is 1.90. The number of anilines is 1. The molecule has 0 unspecified atom stereocenters. The van der Waals surface area contributed by atoms with Crippen LogP contribution in [0.25, 0.3) is 11.0 Å². The number of nitrogen functional groups attached to an aromatic ring is 1. The summed E-state index contributed by atoms with van der Waals surface area (Å²) in [6.45, 7) is 5.34. The minimum atomic E-state index is -3.49. The Kier molecular flexibility index (Phi) is 6.99. The first-order chi connectivity index (χ1) is 14.6. The van der Waals surface area contributed by atoms with Gasteiger partial charge in [0.15, 0.2) is 0 Å². The minimum absolute atomic E-state index is 0.0882. The number of nitrogens with zero attached hydrogens (tertiary/aromatic N) is 3. The molecule has 0 spiro atoms. The van der Waals surface area contributed by atoms with E-state index in [1.165, 1.54) is 6.20 Å². The van der Waals surface area contributed by atoms with Crippen molar-refractivity contribution in [3.63, 3.8) is 0 Å². The van der Waals surface area contributed by atoms with E-state index in [0.29, 0.717) is 11.5 Å². The predicted octanol–water partition coefficient (Wildman–Crippen LogP) is 0.696. The molecule has 1 saturated carbocycles. The molecule has 0 bridgehead atoms. The smallest absolute Gasteiger partial charge is 0.356 e. The fraction of sp³-hybridized carbons (Fsp3) is 0.611. The van der Waals surface area contributed by atoms with Crippen molar-refractivity contribution in [2.24, 2.45) is 5.73 Å². The normalized spacial score (nSPS) is 24.2. The third-order valence-corrected chi connectivity index (χ3v) is 6.90. The molecule has 12 nitrogen and oxygen atoms in total. The van der Waals surface area contributed by atoms with E-state index in [4.69, 9.17) is 25.3 Å². The van der Waals surface area contributed by atoms with Gasteiger partial charge in [-0.3, -0.25) is 9.36 Å². The molecule has 4 atom stereocenters. The second kappa shape index (κ2) is 9.19. The Bertz CT molecular complexity index is 1000. The van der Waals surface area contributed by atoms with Gasteiger partial charge in [0, 0.05) is 6.20 Å². The van der Waals surface area contributed by atoms with Gasteiger partial charge in [-0.15, -0.1) is 0 Å². The minimum Gasteiger partial charge on any atom is -0.388 e. The van der Waals surface area contributed by atoms with Crippen LogP contribution in [0, 0.1) is 6.92 Å². The van der Waals surface area contributed by atoms with Crippen LogP contribution in [0.1, 0.15) is 42.5 Å². The van der Waals surface area contributed by atoms with Gasteiger partial charge < -0.3 is 40.0 Å². The lowest BCUT2D eigenvalue weighted by Gasteiger charge is -2.21. The van der Waals surface area contributed by atoms with Crippen molar-refractivity contribution in [2.45, 2.75) is 51.5 Å². The van der Waals surface area contributed by atoms with Crippen LogP contribution in [0.3, 0.4) is 0 Å². The summed E-state index contributed by atoms with van der Waals surface area (Å²) in [7, 11) is -3.49. The van der Waals surface area contributed by atoms with Crippen molar-refractivity contribution in [2.75, 3.05) is 25.3 Å². The summed E-state index contributed by atoms with van der Waals surface area (Å²) in [5.41, 5.74) is 11.9. The van der Waals surface area contributed by atoms with Crippen molar-refractivity contribution in [3.05, 3.63) is 17.6 Å². The molecule has 1 aliphatic carbocycles. The monoisotopic (exact) mass is 457 g/mol. The zero-order chi connectivity index (χ0) is 22.9. The highest BCUT2D eigenvalue weighted by Crippen LogP contribution is 2.49. The Morgan fingerprint density at radius 3 is 2.48 bits per heavy atom. The van der Waals surface area contributed by atoms with Gasteiger partial charge in [0.05, 0.1) is 36.3 Å². The number of nitrogens with two attached hydrogens (primary N) is 2. The number of aromatic nitrogens is 3. The molecule has 6 N–H and O–H groups in total. The maximum absolute atomic E-state index is 12.6. The van der Waals surface area contributed by atoms with Crippen molar-refractivity contribution >= 4 is 30.4 Å². The van der Waals surface area contributed by atoms with E-state index in [0.717, 1.165) is 0 Å². The van der Waals surface area contributed by atoms with Gasteiger partial charge in [0.2, 0.25) is 0 Å². The van der Waals surface area contributed by atoms with Gasteiger partial charge in [-0.05, 0) is 27.2 Å². The largest absolute Gasteiger partial charge is 0.388 e. The van der Waals surface area contributed by atoms with Crippen LogP contribution in [0.2, 0.25) is 0 Å². The summed E-state index contributed by atoms with van der Waals surface area (Å²) in [5, 5.41) is 21.5. The van der Waals surface area contributed by atoms with Crippen LogP contribution in [0.5, 0.6) is 0 Å². The zero-order valence-electron chi connectivity index (χ0n) is 17.6. The number of rotatable bonds is 9. The van der Waals surface area contributed by atoms with E-state index in [2.05, 4.69) is 9.97 Å². The molecule has 13 heteroatoms. The van der Waals surface area contributed by atoms with Crippen LogP contribution in [0.4, 0.5) is 5.82 Å². The number of aliphatic hydroxyl groups excluding tert-OH is 2. The Morgan fingerprint density at radius 1 is 1.26 bits per heavy atom. The number of aryl methyl sites for hydroxylation is 1. The quantitative estimate of drug-likeness (QED) is 0.391. The highest BCUT2D eigenvalue weighted by atomic mass is 31.2. The Hall–Kier alpha value is -2.08. The van der Waals surface area contributed by atoms with Crippen LogP contribution < -0.4 is 11.5 Å². The van der Waals surface area contributed by atoms with Gasteiger partial charge >= 0.3 is 7.60 Å². The van der Waals surface area contributed by atoms with Gasteiger partial charge in [0.1, 0.15) is 35.8 Å². The molecule has 0 aliphatic heterocycles. The average Bonchev–Trinajstić information content (AvgIpc) is 3.19. The fourth-order valence-corrected chi connectivity index (χ4v) is 5.21. The van der Waals surface area contributed by atoms with E-state index in [1.54, 1.807) is 25.3 Å². The third-order valence-electron chi connectivity index (χ3n) is 5.13. The second-order valence-corrected chi connectivity index (χ2v) is 9.23. The molecule has 2 aromatic heterocycles. The molecule has 1 aliphatic rings. The first-order valence-corrected chi connectivity index (χ1v) is 11.6. The van der Waals surface area contributed by atoms with E-state index >= 15 is 0 Å². The number of carbonyl (C=O) groups excluding carboxylic acids is 1. The lowest BCUT2D eigenvalue weighted by Crippen LogP contribution is -2.33. The third kappa shape index (κ3) is 4.59. The zero-order valence-corrected chi connectivity index (χ0v) is 18.5. The van der Waals surface area contributed by atoms with Crippen LogP contribution in [-0.2, 0) is 18.3 Å². The molecule has 31 heavy (non-hydrogen) atoms. The summed E-state index contributed by atoms with van der Waals surface area (Å²) in [5.74, 6) is -0.265. The highest BCUT2D eigenvalue weighted by Gasteiger charge is 2.45. The van der Waals surface area contributed by atoms with Gasteiger partial charge in [0.25, 0.3) is 5.91 Å². The topological polar surface area (TPSA) is 185 Å². The lowest BCUT2D eigenvalue weighted by molar-refractivity contribution is -0.0490. The number of aliphatic hydroxyl groups is 2. The van der Waals surface area contributed by atoms with Crippen LogP contribution in [-0.4, -0.2) is 68.5 Å². The first-order valence-electron chi connectivity index (χ1n) is 9.92. The highest BCUT2D eigenvalue weighted by molar-refractivity contribution is 7.53. The van der Waals surface area contributed by atoms with E-state index in [1.807, 2.05) is 0 Å². The van der Waals surface area contributed by atoms with Gasteiger partial charge in [-0.1, -0.05) is 0 Å². The molecule has 0 radical (unpaired) electrons. The standard InChI is InChI=1S/C18H28N5O7P/c1-4-29-31(27,30-5-2)8-28-12-6-11(14(24)15(12)25)23-7-10(17(20)26)13-16(19)21-9(3)22-18(13)23/h7,11-12,14-15,24-25H,4-6,8H2,1-3H3,(H2,20,26)(H2,19,21,22)/t11-,12+,14+,15-/m1/s1. The fourth-order valence-electron chi connectivity index (χ4n) is 3.83. The molecule has 3 rings (SSSR count). The number of hydrogen-bond donors (Lipinski definition) is 4. The summed E-state index contributed by atoms with van der Waals surface area (Å²) in [4.78, 5) is 20.4. The number of carbonyl (C=O) groups is 1. The summed E-state index contributed by atoms with van der Waals surface area (Å²) < 4.78 is 30.2. The molecule has 1 amide bonds. The molecule has 1 fully saturated rings. The number of amides is 1. The number of fused-ring (bicyclic) bond motifs is 1.